The van der Waals surface area contributed by atoms with E-state index in [1.807, 2.05) is 6.92 Å². The molecule has 132 valence electrons. The van der Waals surface area contributed by atoms with Crippen LogP contribution in [0.15, 0.2) is 0 Å². The molecule has 3 nitrogen and oxygen atoms in total. The number of rotatable bonds is 8. The van der Waals surface area contributed by atoms with Crippen LogP contribution in [0.4, 0.5) is 0 Å². The van der Waals surface area contributed by atoms with Gasteiger partial charge in [0, 0.05) is 17.9 Å². The molecule has 5 heteroatoms. The van der Waals surface area contributed by atoms with Gasteiger partial charge in [0.1, 0.15) is 0 Å². The maximum Gasteiger partial charge on any atom is 0.206 e. The molecule has 0 amide bonds. The van der Waals surface area contributed by atoms with Crippen molar-refractivity contribution < 1.29 is 13.5 Å². The minimum absolute atomic E-state index is 0.216. The smallest absolute Gasteiger partial charge is 0.206 e. The second-order valence-corrected chi connectivity index (χ2v) is 15.8. The summed E-state index contributed by atoms with van der Waals surface area (Å²) in [6, 6.07) is 0. The highest BCUT2D eigenvalue weighted by atomic mass is 31.2. The summed E-state index contributed by atoms with van der Waals surface area (Å²) in [6.45, 7) is 16.1. The van der Waals surface area contributed by atoms with E-state index in [0.717, 1.165) is 38.3 Å². The molecule has 22 heavy (non-hydrogen) atoms. The van der Waals surface area contributed by atoms with Crippen molar-refractivity contribution in [2.24, 2.45) is 0 Å². The van der Waals surface area contributed by atoms with Crippen LogP contribution in [-0.2, 0) is 13.5 Å². The van der Waals surface area contributed by atoms with Gasteiger partial charge in [0.25, 0.3) is 0 Å². The lowest BCUT2D eigenvalue weighted by Crippen LogP contribution is -2.43. The highest BCUT2D eigenvalue weighted by Gasteiger charge is 2.44. The molecule has 0 aliphatic heterocycles. The van der Waals surface area contributed by atoms with E-state index in [9.17, 15) is 4.57 Å². The zero-order valence-corrected chi connectivity index (χ0v) is 17.7. The van der Waals surface area contributed by atoms with Crippen molar-refractivity contribution >= 4 is 15.7 Å². The Morgan fingerprint density at radius 1 is 1.18 bits per heavy atom. The third-order valence-corrected chi connectivity index (χ3v) is 13.1. The average molecular weight is 349 g/mol. The van der Waals surface area contributed by atoms with Crippen molar-refractivity contribution in [3.63, 3.8) is 0 Å². The summed E-state index contributed by atoms with van der Waals surface area (Å²) < 4.78 is 25.5. The first kappa shape index (κ1) is 20.4. The molecule has 0 spiro atoms. The van der Waals surface area contributed by atoms with E-state index in [2.05, 4.69) is 40.8 Å². The summed E-state index contributed by atoms with van der Waals surface area (Å²) in [5.41, 5.74) is 0.216. The second-order valence-electron chi connectivity index (χ2n) is 8.19. The number of hydrogen-bond donors (Lipinski definition) is 0. The molecule has 0 aromatic heterocycles. The molecular weight excluding hydrogens is 311 g/mol. The van der Waals surface area contributed by atoms with Gasteiger partial charge in [-0.25, -0.2) is 0 Å². The van der Waals surface area contributed by atoms with Crippen molar-refractivity contribution in [1.29, 1.82) is 0 Å². The van der Waals surface area contributed by atoms with Crippen molar-refractivity contribution in [1.82, 2.24) is 0 Å². The van der Waals surface area contributed by atoms with Gasteiger partial charge in [-0.3, -0.25) is 4.57 Å². The van der Waals surface area contributed by atoms with E-state index in [4.69, 9.17) is 8.95 Å². The zero-order chi connectivity index (χ0) is 17.0. The third-order valence-electron chi connectivity index (χ3n) is 5.35. The Morgan fingerprint density at radius 2 is 1.82 bits per heavy atom. The Morgan fingerprint density at radius 3 is 2.32 bits per heavy atom. The predicted molar refractivity (Wildman–Crippen MR) is 98.7 cm³/mol. The van der Waals surface area contributed by atoms with Crippen LogP contribution in [0.1, 0.15) is 66.7 Å². The Labute approximate surface area is 139 Å². The molecule has 1 aliphatic rings. The fourth-order valence-electron chi connectivity index (χ4n) is 2.92. The van der Waals surface area contributed by atoms with Gasteiger partial charge in [-0.15, -0.1) is 0 Å². The summed E-state index contributed by atoms with van der Waals surface area (Å²) in [6.07, 6.45) is 6.07. The predicted octanol–water partition coefficient (Wildman–Crippen LogP) is 6.04. The second kappa shape index (κ2) is 7.96. The van der Waals surface area contributed by atoms with Crippen LogP contribution in [0.25, 0.3) is 0 Å². The maximum absolute atomic E-state index is 13.2. The Bertz CT molecular complexity index is 390. The molecule has 0 aromatic carbocycles. The SMILES string of the molecule is CCCCP(=O)(OCC)[C@H]1CC[C@H](O[Si](C)(C)C(C)(C)C)C1. The summed E-state index contributed by atoms with van der Waals surface area (Å²) in [5, 5.41) is 0.233. The molecule has 1 aliphatic carbocycles. The molecule has 3 atom stereocenters. The third kappa shape index (κ3) is 5.19. The quantitative estimate of drug-likeness (QED) is 0.396. The van der Waals surface area contributed by atoms with E-state index < -0.39 is 15.7 Å². The topological polar surface area (TPSA) is 35.5 Å². The van der Waals surface area contributed by atoms with Gasteiger partial charge in [-0.05, 0) is 50.7 Å². The van der Waals surface area contributed by atoms with Gasteiger partial charge in [-0.1, -0.05) is 34.1 Å². The first-order valence-corrected chi connectivity index (χ1v) is 13.8. The minimum atomic E-state index is -2.49. The molecular formula is C17H37O3PSi. The van der Waals surface area contributed by atoms with Crippen LogP contribution in [-0.4, -0.2) is 32.8 Å². The van der Waals surface area contributed by atoms with Crippen LogP contribution in [0.2, 0.25) is 18.1 Å². The van der Waals surface area contributed by atoms with Crippen molar-refractivity contribution in [3.05, 3.63) is 0 Å². The average Bonchev–Trinajstić information content (AvgIpc) is 2.84. The molecule has 1 fully saturated rings. The summed E-state index contributed by atoms with van der Waals surface area (Å²) in [5.74, 6) is 0. The molecule has 1 saturated carbocycles. The first-order chi connectivity index (χ1) is 10.1. The monoisotopic (exact) mass is 348 g/mol. The Balaban J connectivity index is 2.69. The van der Waals surface area contributed by atoms with Gasteiger partial charge < -0.3 is 8.95 Å². The molecule has 0 bridgehead atoms. The maximum atomic E-state index is 13.2. The molecule has 0 aromatic rings. The number of unbranched alkanes of at least 4 members (excludes halogenated alkanes) is 1. The fourth-order valence-corrected chi connectivity index (χ4v) is 7.32. The van der Waals surface area contributed by atoms with Crippen LogP contribution < -0.4 is 0 Å². The summed E-state index contributed by atoms with van der Waals surface area (Å²) in [4.78, 5) is 0. The molecule has 1 unspecified atom stereocenters. The highest BCUT2D eigenvalue weighted by molar-refractivity contribution is 7.59. The van der Waals surface area contributed by atoms with E-state index in [-0.39, 0.29) is 16.8 Å². The lowest BCUT2D eigenvalue weighted by Gasteiger charge is -2.38. The van der Waals surface area contributed by atoms with Crippen LogP contribution in [0.3, 0.4) is 0 Å². The lowest BCUT2D eigenvalue weighted by atomic mass is 10.2. The van der Waals surface area contributed by atoms with E-state index >= 15 is 0 Å². The van der Waals surface area contributed by atoms with Crippen LogP contribution >= 0.6 is 7.37 Å². The molecule has 0 N–H and O–H groups in total. The molecule has 0 saturated heterocycles. The van der Waals surface area contributed by atoms with E-state index in [1.165, 1.54) is 0 Å². The van der Waals surface area contributed by atoms with Crippen molar-refractivity contribution in [2.45, 2.75) is 96.6 Å². The van der Waals surface area contributed by atoms with Crippen LogP contribution in [0, 0.1) is 0 Å². The Hall–Kier alpha value is 0.367. The van der Waals surface area contributed by atoms with Crippen LogP contribution in [0.5, 0.6) is 0 Å². The van der Waals surface area contributed by atoms with E-state index in [0.29, 0.717) is 6.61 Å². The minimum Gasteiger partial charge on any atom is -0.414 e. The summed E-state index contributed by atoms with van der Waals surface area (Å²) >= 11 is 0. The zero-order valence-electron chi connectivity index (χ0n) is 15.8. The standard InChI is InChI=1S/C17H37O3PSi/c1-8-10-13-21(18,19-9-2)16-12-11-15(14-16)20-22(6,7)17(3,4)5/h15-16H,8-14H2,1-7H3/t15-,16-,21?/m0/s1. The number of hydrogen-bond acceptors (Lipinski definition) is 3. The van der Waals surface area contributed by atoms with Gasteiger partial charge in [-0.2, -0.15) is 0 Å². The Kier molecular flexibility index (Phi) is 7.39. The normalized spacial score (nSPS) is 26.1. The van der Waals surface area contributed by atoms with Crippen molar-refractivity contribution in [2.75, 3.05) is 12.8 Å². The summed E-state index contributed by atoms with van der Waals surface area (Å²) in [7, 11) is -4.22. The van der Waals surface area contributed by atoms with Gasteiger partial charge in [0.15, 0.2) is 8.32 Å². The molecule has 1 rings (SSSR count). The largest absolute Gasteiger partial charge is 0.414 e. The van der Waals surface area contributed by atoms with Gasteiger partial charge in [0.2, 0.25) is 7.37 Å². The van der Waals surface area contributed by atoms with Gasteiger partial charge >= 0.3 is 0 Å². The fraction of sp³-hybridized carbons (Fsp3) is 1.00. The molecule has 0 radical (unpaired) electrons. The van der Waals surface area contributed by atoms with Crippen molar-refractivity contribution in [3.8, 4) is 0 Å². The lowest BCUT2D eigenvalue weighted by molar-refractivity contribution is 0.187. The first-order valence-electron chi connectivity index (χ1n) is 8.97. The highest BCUT2D eigenvalue weighted by Crippen LogP contribution is 2.58. The molecule has 0 heterocycles. The van der Waals surface area contributed by atoms with E-state index in [1.54, 1.807) is 0 Å². The van der Waals surface area contributed by atoms with Gasteiger partial charge in [0.05, 0.1) is 6.61 Å².